The molecule has 5 nitrogen and oxygen atoms in total. The van der Waals surface area contributed by atoms with Crippen LogP contribution < -0.4 is 19.9 Å². The maximum absolute atomic E-state index is 6.19. The lowest BCUT2D eigenvalue weighted by Gasteiger charge is -2.14. The van der Waals surface area contributed by atoms with Crippen molar-refractivity contribution in [1.29, 1.82) is 0 Å². The van der Waals surface area contributed by atoms with Crippen LogP contribution in [0.5, 0.6) is 17.2 Å². The minimum absolute atomic E-state index is 0.504. The van der Waals surface area contributed by atoms with Gasteiger partial charge < -0.3 is 19.9 Å². The fourth-order valence-corrected chi connectivity index (χ4v) is 2.90. The van der Waals surface area contributed by atoms with Crippen LogP contribution in [0.3, 0.4) is 0 Å². The topological polar surface area (TPSA) is 66.6 Å². The molecule has 1 heterocycles. The fourth-order valence-electron chi connectivity index (χ4n) is 2.90. The molecular formula is C20H22N2O3. The van der Waals surface area contributed by atoms with Gasteiger partial charge in [0.25, 0.3) is 0 Å². The summed E-state index contributed by atoms with van der Waals surface area (Å²) in [6.45, 7) is 2.59. The van der Waals surface area contributed by atoms with Gasteiger partial charge >= 0.3 is 0 Å². The number of rotatable bonds is 6. The lowest BCUT2D eigenvalue weighted by molar-refractivity contribution is 0.340. The van der Waals surface area contributed by atoms with Crippen LogP contribution in [0.15, 0.2) is 42.5 Å². The predicted molar refractivity (Wildman–Crippen MR) is 99.7 cm³/mol. The zero-order chi connectivity index (χ0) is 17.8. The summed E-state index contributed by atoms with van der Waals surface area (Å²) in [4.78, 5) is 4.52. The van der Waals surface area contributed by atoms with Crippen LogP contribution in [0.2, 0.25) is 0 Å². The Balaban J connectivity index is 2.05. The van der Waals surface area contributed by atoms with E-state index in [-0.39, 0.29) is 0 Å². The van der Waals surface area contributed by atoms with Crippen LogP contribution in [-0.2, 0) is 6.42 Å². The molecule has 1 aromatic heterocycles. The maximum Gasteiger partial charge on any atom is 0.127 e. The van der Waals surface area contributed by atoms with Gasteiger partial charge in [0.1, 0.15) is 23.1 Å². The van der Waals surface area contributed by atoms with Gasteiger partial charge in [-0.25, -0.2) is 4.98 Å². The Labute approximate surface area is 147 Å². The van der Waals surface area contributed by atoms with Gasteiger partial charge in [-0.05, 0) is 48.9 Å². The summed E-state index contributed by atoms with van der Waals surface area (Å²) >= 11 is 0. The van der Waals surface area contributed by atoms with Gasteiger partial charge in [0, 0.05) is 17.4 Å². The largest absolute Gasteiger partial charge is 0.496 e. The van der Waals surface area contributed by atoms with Gasteiger partial charge in [0.15, 0.2) is 0 Å². The predicted octanol–water partition coefficient (Wildman–Crippen LogP) is 3.82. The minimum Gasteiger partial charge on any atom is -0.496 e. The molecule has 130 valence electrons. The summed E-state index contributed by atoms with van der Waals surface area (Å²) in [5.41, 5.74) is 8.90. The Morgan fingerprint density at radius 3 is 2.36 bits per heavy atom. The van der Waals surface area contributed by atoms with Crippen molar-refractivity contribution in [3.63, 3.8) is 0 Å². The number of fused-ring (bicyclic) bond motifs is 1. The van der Waals surface area contributed by atoms with E-state index < -0.39 is 0 Å². The van der Waals surface area contributed by atoms with Crippen molar-refractivity contribution in [2.45, 2.75) is 13.3 Å². The molecule has 0 aliphatic rings. The first-order valence-corrected chi connectivity index (χ1v) is 8.18. The number of ether oxygens (including phenoxy) is 3. The normalized spacial score (nSPS) is 10.7. The molecule has 0 saturated heterocycles. The third-order valence-electron chi connectivity index (χ3n) is 4.11. The molecule has 0 aliphatic heterocycles. The van der Waals surface area contributed by atoms with E-state index in [0.717, 1.165) is 39.3 Å². The number of nitrogens with zero attached hydrogens (tertiary/aromatic N) is 1. The standard InChI is InChI=1S/C20H22N2O3/c1-4-25-15-8-9-17-13(11-15)10-14(20(21)22-17)12-16-18(23-2)6-5-7-19(16)24-3/h5-11H,4,12H2,1-3H3,(H2,21,22). The average molecular weight is 338 g/mol. The molecule has 3 aromatic rings. The van der Waals surface area contributed by atoms with Crippen molar-refractivity contribution in [3.05, 3.63) is 53.6 Å². The molecule has 0 amide bonds. The molecule has 0 atom stereocenters. The first-order valence-electron chi connectivity index (χ1n) is 8.18. The molecule has 0 fully saturated rings. The number of aromatic nitrogens is 1. The zero-order valence-corrected chi connectivity index (χ0v) is 14.7. The molecule has 3 rings (SSSR count). The molecule has 2 N–H and O–H groups in total. The third-order valence-corrected chi connectivity index (χ3v) is 4.11. The molecule has 25 heavy (non-hydrogen) atoms. The highest BCUT2D eigenvalue weighted by Crippen LogP contribution is 2.33. The fraction of sp³-hybridized carbons (Fsp3) is 0.250. The number of methoxy groups -OCH3 is 2. The van der Waals surface area contributed by atoms with Crippen molar-refractivity contribution in [3.8, 4) is 17.2 Å². The molecule has 0 saturated carbocycles. The Bertz CT molecular complexity index is 871. The van der Waals surface area contributed by atoms with Crippen LogP contribution in [0.4, 0.5) is 5.82 Å². The molecule has 0 bridgehead atoms. The lowest BCUT2D eigenvalue weighted by Crippen LogP contribution is -2.03. The zero-order valence-electron chi connectivity index (χ0n) is 14.7. The number of anilines is 1. The molecule has 0 unspecified atom stereocenters. The summed E-state index contributed by atoms with van der Waals surface area (Å²) in [5, 5.41) is 0.990. The van der Waals surface area contributed by atoms with E-state index in [4.69, 9.17) is 19.9 Å². The van der Waals surface area contributed by atoms with Crippen LogP contribution in [0.25, 0.3) is 10.9 Å². The van der Waals surface area contributed by atoms with Crippen molar-refractivity contribution in [1.82, 2.24) is 4.98 Å². The maximum atomic E-state index is 6.19. The number of hydrogen-bond acceptors (Lipinski definition) is 5. The van der Waals surface area contributed by atoms with Crippen LogP contribution in [0, 0.1) is 0 Å². The molecule has 0 aliphatic carbocycles. The lowest BCUT2D eigenvalue weighted by atomic mass is 10.0. The highest BCUT2D eigenvalue weighted by Gasteiger charge is 2.14. The number of nitrogen functional groups attached to an aromatic ring is 1. The SMILES string of the molecule is CCOc1ccc2nc(N)c(Cc3c(OC)cccc3OC)cc2c1. The van der Waals surface area contributed by atoms with Gasteiger partial charge in [-0.2, -0.15) is 0 Å². The second-order valence-corrected chi connectivity index (χ2v) is 5.64. The summed E-state index contributed by atoms with van der Waals surface area (Å²) in [6, 6.07) is 13.6. The van der Waals surface area contributed by atoms with Gasteiger partial charge in [-0.1, -0.05) is 6.07 Å². The Kier molecular flexibility index (Phi) is 4.93. The van der Waals surface area contributed by atoms with Gasteiger partial charge in [-0.3, -0.25) is 0 Å². The van der Waals surface area contributed by atoms with E-state index in [1.807, 2.05) is 49.4 Å². The summed E-state index contributed by atoms with van der Waals surface area (Å²) < 4.78 is 16.5. The quantitative estimate of drug-likeness (QED) is 0.740. The van der Waals surface area contributed by atoms with Gasteiger partial charge in [0.05, 0.1) is 26.3 Å². The van der Waals surface area contributed by atoms with Gasteiger partial charge in [0.2, 0.25) is 0 Å². The first-order chi connectivity index (χ1) is 12.2. The monoisotopic (exact) mass is 338 g/mol. The summed E-state index contributed by atoms with van der Waals surface area (Å²) in [5.74, 6) is 2.86. The first kappa shape index (κ1) is 16.9. The van der Waals surface area contributed by atoms with E-state index in [2.05, 4.69) is 4.98 Å². The number of pyridine rings is 1. The van der Waals surface area contributed by atoms with E-state index >= 15 is 0 Å². The Morgan fingerprint density at radius 2 is 1.72 bits per heavy atom. The van der Waals surface area contributed by atoms with Crippen molar-refractivity contribution in [2.24, 2.45) is 0 Å². The van der Waals surface area contributed by atoms with Crippen molar-refractivity contribution in [2.75, 3.05) is 26.6 Å². The van der Waals surface area contributed by atoms with Gasteiger partial charge in [-0.15, -0.1) is 0 Å². The van der Waals surface area contributed by atoms with E-state index in [9.17, 15) is 0 Å². The summed E-state index contributed by atoms with van der Waals surface area (Å²) in [6.07, 6.45) is 0.570. The molecule has 5 heteroatoms. The van der Waals surface area contributed by atoms with Crippen molar-refractivity contribution >= 4 is 16.7 Å². The smallest absolute Gasteiger partial charge is 0.127 e. The number of hydrogen-bond donors (Lipinski definition) is 1. The molecule has 2 aromatic carbocycles. The average Bonchev–Trinajstić information content (AvgIpc) is 2.63. The van der Waals surface area contributed by atoms with Crippen LogP contribution in [0.1, 0.15) is 18.1 Å². The second-order valence-electron chi connectivity index (χ2n) is 5.64. The minimum atomic E-state index is 0.504. The Hall–Kier alpha value is -2.95. The van der Waals surface area contributed by atoms with Crippen LogP contribution >= 0.6 is 0 Å². The Morgan fingerprint density at radius 1 is 1.00 bits per heavy atom. The highest BCUT2D eigenvalue weighted by atomic mass is 16.5. The van der Waals surface area contributed by atoms with Crippen molar-refractivity contribution < 1.29 is 14.2 Å². The molecule has 0 radical (unpaired) electrons. The number of benzene rings is 2. The van der Waals surface area contributed by atoms with Crippen LogP contribution in [-0.4, -0.2) is 25.8 Å². The highest BCUT2D eigenvalue weighted by molar-refractivity contribution is 5.83. The summed E-state index contributed by atoms with van der Waals surface area (Å²) in [7, 11) is 3.29. The van der Waals surface area contributed by atoms with E-state index in [1.165, 1.54) is 0 Å². The second kappa shape index (κ2) is 7.30. The third kappa shape index (κ3) is 3.45. The van der Waals surface area contributed by atoms with E-state index in [1.54, 1.807) is 14.2 Å². The molecular weight excluding hydrogens is 316 g/mol. The molecule has 0 spiro atoms. The van der Waals surface area contributed by atoms with E-state index in [0.29, 0.717) is 18.8 Å². The number of nitrogens with two attached hydrogens (primary N) is 1.